The summed E-state index contributed by atoms with van der Waals surface area (Å²) in [6.45, 7) is 6.06. The van der Waals surface area contributed by atoms with E-state index in [0.29, 0.717) is 6.42 Å². The van der Waals surface area contributed by atoms with Crippen LogP contribution in [0.5, 0.6) is 0 Å². The number of aliphatic imine (C=N–C) groups is 1. The second kappa shape index (κ2) is 5.35. The summed E-state index contributed by atoms with van der Waals surface area (Å²) in [6.07, 6.45) is 2.08. The van der Waals surface area contributed by atoms with E-state index >= 15 is 0 Å². The monoisotopic (exact) mass is 253 g/mol. The largest absolute Gasteiger partial charge is 0.294 e. The molecule has 0 heterocycles. The SMILES string of the molecule is CC(C)(C)N=CCC(=O)c1cccc2ccccc12. The lowest BCUT2D eigenvalue weighted by atomic mass is 10.00. The molecule has 0 N–H and O–H groups in total. The van der Waals surface area contributed by atoms with Crippen LogP contribution in [0.25, 0.3) is 10.8 Å². The number of fused-ring (bicyclic) bond motifs is 1. The van der Waals surface area contributed by atoms with Gasteiger partial charge in [-0.05, 0) is 31.5 Å². The van der Waals surface area contributed by atoms with Gasteiger partial charge in [0.2, 0.25) is 0 Å². The zero-order valence-corrected chi connectivity index (χ0v) is 11.7. The maximum atomic E-state index is 12.3. The maximum Gasteiger partial charge on any atom is 0.168 e. The molecule has 19 heavy (non-hydrogen) atoms. The standard InChI is InChI=1S/C17H19NO/c1-17(2,3)18-12-11-16(19)15-10-6-8-13-7-4-5-9-14(13)15/h4-10,12H,11H2,1-3H3. The maximum absolute atomic E-state index is 12.3. The summed E-state index contributed by atoms with van der Waals surface area (Å²) in [4.78, 5) is 16.6. The van der Waals surface area contributed by atoms with Crippen molar-refractivity contribution in [1.82, 2.24) is 0 Å². The lowest BCUT2D eigenvalue weighted by Crippen LogP contribution is -2.10. The van der Waals surface area contributed by atoms with E-state index < -0.39 is 0 Å². The van der Waals surface area contributed by atoms with Crippen molar-refractivity contribution < 1.29 is 4.79 Å². The molecule has 0 radical (unpaired) electrons. The molecule has 98 valence electrons. The molecule has 2 heteroatoms. The van der Waals surface area contributed by atoms with Gasteiger partial charge in [0, 0.05) is 18.2 Å². The van der Waals surface area contributed by atoms with Crippen molar-refractivity contribution in [2.45, 2.75) is 32.7 Å². The van der Waals surface area contributed by atoms with Crippen LogP contribution >= 0.6 is 0 Å². The van der Waals surface area contributed by atoms with Gasteiger partial charge in [-0.1, -0.05) is 42.5 Å². The van der Waals surface area contributed by atoms with Crippen molar-refractivity contribution in [3.05, 3.63) is 48.0 Å². The molecule has 0 saturated heterocycles. The van der Waals surface area contributed by atoms with Crippen LogP contribution < -0.4 is 0 Å². The van der Waals surface area contributed by atoms with Crippen molar-refractivity contribution in [3.8, 4) is 0 Å². The van der Waals surface area contributed by atoms with Crippen molar-refractivity contribution >= 4 is 22.8 Å². The van der Waals surface area contributed by atoms with Crippen molar-refractivity contribution in [2.24, 2.45) is 4.99 Å². The number of benzene rings is 2. The number of hydrogen-bond donors (Lipinski definition) is 0. The molecule has 2 rings (SSSR count). The zero-order chi connectivity index (χ0) is 13.9. The van der Waals surface area contributed by atoms with E-state index in [1.54, 1.807) is 6.21 Å². The number of nitrogens with zero attached hydrogens (tertiary/aromatic N) is 1. The van der Waals surface area contributed by atoms with Gasteiger partial charge in [-0.15, -0.1) is 0 Å². The molecule has 2 aromatic rings. The highest BCUT2D eigenvalue weighted by molar-refractivity contribution is 6.12. The highest BCUT2D eigenvalue weighted by atomic mass is 16.1. The van der Waals surface area contributed by atoms with E-state index in [-0.39, 0.29) is 11.3 Å². The fraction of sp³-hybridized carbons (Fsp3) is 0.294. The lowest BCUT2D eigenvalue weighted by Gasteiger charge is -2.10. The zero-order valence-electron chi connectivity index (χ0n) is 11.7. The van der Waals surface area contributed by atoms with Crippen LogP contribution in [0.3, 0.4) is 0 Å². The number of carbonyl (C=O) groups is 1. The first-order valence-electron chi connectivity index (χ1n) is 6.52. The summed E-state index contributed by atoms with van der Waals surface area (Å²) < 4.78 is 0. The minimum Gasteiger partial charge on any atom is -0.294 e. The van der Waals surface area contributed by atoms with Gasteiger partial charge in [0.05, 0.1) is 5.54 Å². The molecule has 0 aromatic heterocycles. The molecule has 0 atom stereocenters. The fourth-order valence-corrected chi connectivity index (χ4v) is 1.98. The molecule has 0 unspecified atom stereocenters. The van der Waals surface area contributed by atoms with Crippen LogP contribution in [-0.2, 0) is 0 Å². The Morgan fingerprint density at radius 3 is 2.53 bits per heavy atom. The predicted molar refractivity (Wildman–Crippen MR) is 81.1 cm³/mol. The van der Waals surface area contributed by atoms with Gasteiger partial charge in [-0.25, -0.2) is 0 Å². The molecule has 2 aromatic carbocycles. The van der Waals surface area contributed by atoms with E-state index in [1.165, 1.54) is 0 Å². The fourth-order valence-electron chi connectivity index (χ4n) is 1.98. The van der Waals surface area contributed by atoms with Crippen LogP contribution in [-0.4, -0.2) is 17.5 Å². The third kappa shape index (κ3) is 3.50. The second-order valence-corrected chi connectivity index (χ2v) is 5.64. The number of Topliss-reactive ketones (excluding diaryl/α,β-unsaturated/α-hetero) is 1. The Morgan fingerprint density at radius 2 is 1.79 bits per heavy atom. The molecule has 0 spiro atoms. The van der Waals surface area contributed by atoms with E-state index in [2.05, 4.69) is 4.99 Å². The quantitative estimate of drug-likeness (QED) is 0.593. The molecule has 0 aliphatic heterocycles. The Hall–Kier alpha value is -1.96. The van der Waals surface area contributed by atoms with Crippen LogP contribution in [0.4, 0.5) is 0 Å². The molecule has 0 bridgehead atoms. The number of carbonyl (C=O) groups excluding carboxylic acids is 1. The first-order valence-corrected chi connectivity index (χ1v) is 6.52. The Balaban J connectivity index is 2.25. The molecule has 0 aliphatic carbocycles. The third-order valence-electron chi connectivity index (χ3n) is 2.85. The highest BCUT2D eigenvalue weighted by Crippen LogP contribution is 2.19. The summed E-state index contributed by atoms with van der Waals surface area (Å²) in [5.74, 6) is 0.116. The number of rotatable bonds is 3. The van der Waals surface area contributed by atoms with Gasteiger partial charge < -0.3 is 0 Å². The minimum atomic E-state index is -0.126. The second-order valence-electron chi connectivity index (χ2n) is 5.64. The smallest absolute Gasteiger partial charge is 0.168 e. The first kappa shape index (κ1) is 13.5. The van der Waals surface area contributed by atoms with Crippen LogP contribution in [0.15, 0.2) is 47.5 Å². The molecular formula is C17H19NO. The van der Waals surface area contributed by atoms with Gasteiger partial charge >= 0.3 is 0 Å². The lowest BCUT2D eigenvalue weighted by molar-refractivity contribution is 0.100. The van der Waals surface area contributed by atoms with Crippen LogP contribution in [0.2, 0.25) is 0 Å². The number of hydrogen-bond acceptors (Lipinski definition) is 2. The van der Waals surface area contributed by atoms with Gasteiger partial charge in [0.15, 0.2) is 5.78 Å². The van der Waals surface area contributed by atoms with E-state index in [9.17, 15) is 4.79 Å². The molecule has 0 amide bonds. The van der Waals surface area contributed by atoms with Gasteiger partial charge in [-0.3, -0.25) is 9.79 Å². The van der Waals surface area contributed by atoms with Crippen molar-refractivity contribution in [3.63, 3.8) is 0 Å². The number of ketones is 1. The minimum absolute atomic E-state index is 0.116. The van der Waals surface area contributed by atoms with Crippen LogP contribution in [0, 0.1) is 0 Å². The third-order valence-corrected chi connectivity index (χ3v) is 2.85. The highest BCUT2D eigenvalue weighted by Gasteiger charge is 2.09. The Bertz CT molecular complexity index is 615. The molecule has 2 nitrogen and oxygen atoms in total. The van der Waals surface area contributed by atoms with Gasteiger partial charge in [-0.2, -0.15) is 0 Å². The van der Waals surface area contributed by atoms with E-state index in [0.717, 1.165) is 16.3 Å². The van der Waals surface area contributed by atoms with Crippen LogP contribution in [0.1, 0.15) is 37.6 Å². The van der Waals surface area contributed by atoms with E-state index in [1.807, 2.05) is 63.2 Å². The van der Waals surface area contributed by atoms with Gasteiger partial charge in [0.1, 0.15) is 0 Å². The Labute approximate surface area is 114 Å². The predicted octanol–water partition coefficient (Wildman–Crippen LogP) is 4.28. The van der Waals surface area contributed by atoms with Gasteiger partial charge in [0.25, 0.3) is 0 Å². The average Bonchev–Trinajstić information content (AvgIpc) is 2.36. The summed E-state index contributed by atoms with van der Waals surface area (Å²) in [6, 6.07) is 13.8. The average molecular weight is 253 g/mol. The first-order chi connectivity index (χ1) is 8.97. The summed E-state index contributed by atoms with van der Waals surface area (Å²) in [7, 11) is 0. The normalized spacial score (nSPS) is 12.2. The Kier molecular flexibility index (Phi) is 3.79. The Morgan fingerprint density at radius 1 is 1.11 bits per heavy atom. The molecule has 0 aliphatic rings. The molecule has 0 fully saturated rings. The summed E-state index contributed by atoms with van der Waals surface area (Å²) >= 11 is 0. The summed E-state index contributed by atoms with van der Waals surface area (Å²) in [5, 5.41) is 2.11. The summed E-state index contributed by atoms with van der Waals surface area (Å²) in [5.41, 5.74) is 0.650. The van der Waals surface area contributed by atoms with Crippen molar-refractivity contribution in [2.75, 3.05) is 0 Å². The molecule has 0 saturated carbocycles. The van der Waals surface area contributed by atoms with E-state index in [4.69, 9.17) is 0 Å². The topological polar surface area (TPSA) is 29.4 Å². The van der Waals surface area contributed by atoms with Crippen molar-refractivity contribution in [1.29, 1.82) is 0 Å². The molecular weight excluding hydrogens is 234 g/mol.